The van der Waals surface area contributed by atoms with Crippen molar-refractivity contribution < 1.29 is 22.3 Å². The Morgan fingerprint density at radius 1 is 1.23 bits per heavy atom. The summed E-state index contributed by atoms with van der Waals surface area (Å²) >= 11 is 1.53. The predicted octanol–water partition coefficient (Wildman–Crippen LogP) is 3.25. The van der Waals surface area contributed by atoms with Crippen molar-refractivity contribution in [1.29, 1.82) is 0 Å². The second-order valence-electron chi connectivity index (χ2n) is 7.28. The van der Waals surface area contributed by atoms with Crippen LogP contribution in [0.15, 0.2) is 41.8 Å². The summed E-state index contributed by atoms with van der Waals surface area (Å²) in [4.78, 5) is 15.8. The zero-order valence-corrected chi connectivity index (χ0v) is 18.6. The van der Waals surface area contributed by atoms with Gasteiger partial charge in [0.15, 0.2) is 0 Å². The Hall–Kier alpha value is -1.81. The third-order valence-corrected chi connectivity index (χ3v) is 7.72. The summed E-state index contributed by atoms with van der Waals surface area (Å²) < 4.78 is 45.3. The van der Waals surface area contributed by atoms with Gasteiger partial charge in [0.2, 0.25) is 15.9 Å². The molecule has 1 aliphatic heterocycles. The molecule has 0 aliphatic carbocycles. The minimum atomic E-state index is -3.56. The van der Waals surface area contributed by atoms with Gasteiger partial charge >= 0.3 is 0 Å². The molecule has 164 valence electrons. The van der Waals surface area contributed by atoms with E-state index in [-0.39, 0.29) is 43.2 Å². The van der Waals surface area contributed by atoms with Crippen LogP contribution in [0.5, 0.6) is 0 Å². The van der Waals surface area contributed by atoms with Crippen molar-refractivity contribution in [3.63, 3.8) is 0 Å². The van der Waals surface area contributed by atoms with Gasteiger partial charge in [-0.3, -0.25) is 4.79 Å². The third-order valence-electron chi connectivity index (χ3n) is 5.07. The van der Waals surface area contributed by atoms with Crippen molar-refractivity contribution in [2.45, 2.75) is 39.0 Å². The van der Waals surface area contributed by atoms with E-state index in [1.54, 1.807) is 24.0 Å². The van der Waals surface area contributed by atoms with Crippen LogP contribution in [0.25, 0.3) is 0 Å². The van der Waals surface area contributed by atoms with Crippen LogP contribution in [0.3, 0.4) is 0 Å². The topological polar surface area (TPSA) is 66.9 Å². The summed E-state index contributed by atoms with van der Waals surface area (Å²) in [7, 11) is -3.56. The number of hydrogen-bond donors (Lipinski definition) is 0. The van der Waals surface area contributed by atoms with E-state index in [1.165, 1.54) is 27.8 Å². The fraction of sp³-hybridized carbons (Fsp3) is 0.476. The first-order valence-electron chi connectivity index (χ1n) is 10.0. The SMILES string of the molecule is CCS(=O)(=O)N(CC(=O)N(Cc1ccc(F)cc1)Cc1cccs1)CC1CCCO1. The van der Waals surface area contributed by atoms with E-state index in [2.05, 4.69) is 0 Å². The van der Waals surface area contributed by atoms with Gasteiger partial charge in [-0.25, -0.2) is 12.8 Å². The highest BCUT2D eigenvalue weighted by atomic mass is 32.2. The maximum absolute atomic E-state index is 13.3. The van der Waals surface area contributed by atoms with E-state index in [1.807, 2.05) is 17.5 Å². The zero-order chi connectivity index (χ0) is 21.6. The highest BCUT2D eigenvalue weighted by Crippen LogP contribution is 2.18. The van der Waals surface area contributed by atoms with Crippen LogP contribution in [0, 0.1) is 5.82 Å². The number of carbonyl (C=O) groups is 1. The summed E-state index contributed by atoms with van der Waals surface area (Å²) in [5.74, 6) is -0.704. The van der Waals surface area contributed by atoms with Gasteiger partial charge in [0.1, 0.15) is 5.82 Å². The van der Waals surface area contributed by atoms with Crippen molar-refractivity contribution in [3.05, 3.63) is 58.0 Å². The molecule has 0 N–H and O–H groups in total. The van der Waals surface area contributed by atoms with Gasteiger partial charge in [-0.1, -0.05) is 18.2 Å². The van der Waals surface area contributed by atoms with Crippen LogP contribution < -0.4 is 0 Å². The lowest BCUT2D eigenvalue weighted by atomic mass is 10.2. The molecule has 0 saturated carbocycles. The number of hydrogen-bond acceptors (Lipinski definition) is 5. The van der Waals surface area contributed by atoms with Crippen molar-refractivity contribution in [1.82, 2.24) is 9.21 Å². The Morgan fingerprint density at radius 3 is 2.60 bits per heavy atom. The van der Waals surface area contributed by atoms with Crippen LogP contribution >= 0.6 is 11.3 Å². The molecule has 1 aromatic carbocycles. The molecule has 1 aromatic heterocycles. The molecule has 30 heavy (non-hydrogen) atoms. The number of halogens is 1. The number of thiophene rings is 1. The van der Waals surface area contributed by atoms with E-state index in [9.17, 15) is 17.6 Å². The number of amides is 1. The molecule has 1 saturated heterocycles. The summed E-state index contributed by atoms with van der Waals surface area (Å²) in [5.41, 5.74) is 0.783. The first-order valence-corrected chi connectivity index (χ1v) is 12.5. The highest BCUT2D eigenvalue weighted by Gasteiger charge is 2.30. The van der Waals surface area contributed by atoms with E-state index in [0.717, 1.165) is 23.3 Å². The summed E-state index contributed by atoms with van der Waals surface area (Å²) in [6.07, 6.45) is 1.51. The van der Waals surface area contributed by atoms with E-state index < -0.39 is 10.0 Å². The number of ether oxygens (including phenoxy) is 1. The Labute approximate surface area is 181 Å². The van der Waals surface area contributed by atoms with Gasteiger partial charge in [0.25, 0.3) is 0 Å². The molecule has 1 fully saturated rings. The standard InChI is InChI=1S/C21H27FN2O4S2/c1-2-30(26,27)24(14-19-5-3-11-28-19)16-21(25)23(15-20-6-4-12-29-20)13-17-7-9-18(22)10-8-17/h4,6-10,12,19H,2-3,5,11,13-16H2,1H3. The van der Waals surface area contributed by atoms with Gasteiger partial charge in [-0.15, -0.1) is 11.3 Å². The maximum atomic E-state index is 13.3. The fourth-order valence-corrected chi connectivity index (χ4v) is 5.14. The molecular weight excluding hydrogens is 427 g/mol. The second-order valence-corrected chi connectivity index (χ2v) is 10.6. The number of rotatable bonds is 10. The van der Waals surface area contributed by atoms with Crippen molar-refractivity contribution in [2.75, 3.05) is 25.4 Å². The van der Waals surface area contributed by atoms with Crippen LogP contribution in [0.2, 0.25) is 0 Å². The minimum absolute atomic E-state index is 0.0735. The Bertz CT molecular complexity index is 911. The molecule has 9 heteroatoms. The summed E-state index contributed by atoms with van der Waals surface area (Å²) in [5, 5.41) is 1.93. The molecular formula is C21H27FN2O4S2. The fourth-order valence-electron chi connectivity index (χ4n) is 3.36. The monoisotopic (exact) mass is 454 g/mol. The molecule has 1 atom stereocenters. The van der Waals surface area contributed by atoms with Crippen LogP contribution in [-0.4, -0.2) is 55.1 Å². The van der Waals surface area contributed by atoms with Crippen LogP contribution in [-0.2, 0) is 32.6 Å². The molecule has 1 amide bonds. The molecule has 0 bridgehead atoms. The predicted molar refractivity (Wildman–Crippen MR) is 115 cm³/mol. The van der Waals surface area contributed by atoms with E-state index in [4.69, 9.17) is 4.74 Å². The van der Waals surface area contributed by atoms with Gasteiger partial charge in [0, 0.05) is 24.6 Å². The quantitative estimate of drug-likeness (QED) is 0.553. The summed E-state index contributed by atoms with van der Waals surface area (Å²) in [6, 6.07) is 9.82. The Morgan fingerprint density at radius 2 is 2.00 bits per heavy atom. The number of benzene rings is 1. The largest absolute Gasteiger partial charge is 0.377 e. The first kappa shape index (κ1) is 22.9. The number of sulfonamides is 1. The smallest absolute Gasteiger partial charge is 0.238 e. The molecule has 0 spiro atoms. The number of nitrogens with zero attached hydrogens (tertiary/aromatic N) is 2. The van der Waals surface area contributed by atoms with Gasteiger partial charge in [-0.2, -0.15) is 4.31 Å². The average Bonchev–Trinajstić information content (AvgIpc) is 3.42. The molecule has 2 heterocycles. The molecule has 6 nitrogen and oxygen atoms in total. The van der Waals surface area contributed by atoms with Crippen LogP contribution in [0.4, 0.5) is 4.39 Å². The normalized spacial score (nSPS) is 16.8. The molecule has 1 unspecified atom stereocenters. The van der Waals surface area contributed by atoms with Crippen LogP contribution in [0.1, 0.15) is 30.2 Å². The lowest BCUT2D eigenvalue weighted by Gasteiger charge is -2.28. The second kappa shape index (κ2) is 10.5. The zero-order valence-electron chi connectivity index (χ0n) is 17.0. The third kappa shape index (κ3) is 6.34. The Balaban J connectivity index is 1.77. The highest BCUT2D eigenvalue weighted by molar-refractivity contribution is 7.89. The van der Waals surface area contributed by atoms with Gasteiger partial charge < -0.3 is 9.64 Å². The van der Waals surface area contributed by atoms with E-state index in [0.29, 0.717) is 13.2 Å². The van der Waals surface area contributed by atoms with E-state index >= 15 is 0 Å². The molecule has 0 radical (unpaired) electrons. The lowest BCUT2D eigenvalue weighted by Crippen LogP contribution is -2.45. The van der Waals surface area contributed by atoms with Gasteiger partial charge in [0.05, 0.1) is 24.9 Å². The van der Waals surface area contributed by atoms with Crippen molar-refractivity contribution >= 4 is 27.3 Å². The molecule has 3 rings (SSSR count). The van der Waals surface area contributed by atoms with Crippen molar-refractivity contribution in [2.24, 2.45) is 0 Å². The lowest BCUT2D eigenvalue weighted by molar-refractivity contribution is -0.132. The maximum Gasteiger partial charge on any atom is 0.238 e. The minimum Gasteiger partial charge on any atom is -0.377 e. The molecule has 1 aliphatic rings. The first-order chi connectivity index (χ1) is 14.4. The van der Waals surface area contributed by atoms with Crippen molar-refractivity contribution in [3.8, 4) is 0 Å². The Kier molecular flexibility index (Phi) is 7.99. The number of carbonyl (C=O) groups excluding carboxylic acids is 1. The molecule has 2 aromatic rings. The van der Waals surface area contributed by atoms with Gasteiger partial charge in [-0.05, 0) is 48.9 Å². The average molecular weight is 455 g/mol. The summed E-state index contributed by atoms with van der Waals surface area (Å²) in [6.45, 7) is 2.79.